The third-order valence-corrected chi connectivity index (χ3v) is 4.44. The summed E-state index contributed by atoms with van der Waals surface area (Å²) in [5.41, 5.74) is 0.00708. The zero-order chi connectivity index (χ0) is 17.3. The van der Waals surface area contributed by atoms with Crippen molar-refractivity contribution in [3.8, 4) is 0 Å². The molecule has 2 amide bonds. The number of alkyl halides is 3. The maximum absolute atomic E-state index is 12.5. The van der Waals surface area contributed by atoms with Crippen LogP contribution >= 0.6 is 0 Å². The van der Waals surface area contributed by atoms with Gasteiger partial charge in [0.2, 0.25) is 5.91 Å². The smallest absolute Gasteiger partial charge is 0.338 e. The molecule has 0 saturated carbocycles. The average molecular weight is 344 g/mol. The minimum atomic E-state index is -4.38. The predicted octanol–water partition coefficient (Wildman–Crippen LogP) is 1.67. The summed E-state index contributed by atoms with van der Waals surface area (Å²) in [6, 6.07) is 1.30. The number of hydrogen-bond acceptors (Lipinski definition) is 3. The van der Waals surface area contributed by atoms with Crippen molar-refractivity contribution in [1.29, 1.82) is 0 Å². The Labute approximate surface area is 137 Å². The number of rotatable bonds is 3. The quantitative estimate of drug-likeness (QED) is 0.838. The number of likely N-dealkylation sites (tertiary alicyclic amines) is 2. The molecule has 6 nitrogen and oxygen atoms in total. The van der Waals surface area contributed by atoms with Crippen molar-refractivity contribution in [2.24, 2.45) is 0 Å². The van der Waals surface area contributed by atoms with E-state index in [-0.39, 0.29) is 23.6 Å². The van der Waals surface area contributed by atoms with Gasteiger partial charge in [0.05, 0.1) is 0 Å². The number of halogens is 3. The van der Waals surface area contributed by atoms with Crippen LogP contribution in [0, 0.1) is 0 Å². The van der Waals surface area contributed by atoms with E-state index in [1.165, 1.54) is 6.07 Å². The Kier molecular flexibility index (Phi) is 4.51. The van der Waals surface area contributed by atoms with E-state index in [1.54, 1.807) is 4.90 Å². The first-order chi connectivity index (χ1) is 11.3. The summed E-state index contributed by atoms with van der Waals surface area (Å²) < 4.78 is 37.8. The second-order valence-electron chi connectivity index (χ2n) is 6.25. The lowest BCUT2D eigenvalue weighted by molar-refractivity contribution is -0.142. The van der Waals surface area contributed by atoms with Crippen molar-refractivity contribution in [3.05, 3.63) is 18.0 Å². The van der Waals surface area contributed by atoms with Crippen molar-refractivity contribution in [2.45, 2.75) is 44.4 Å². The summed E-state index contributed by atoms with van der Waals surface area (Å²) in [7, 11) is 0. The molecule has 2 fully saturated rings. The van der Waals surface area contributed by atoms with Crippen LogP contribution < -0.4 is 0 Å². The molecule has 9 heteroatoms. The van der Waals surface area contributed by atoms with Gasteiger partial charge in [-0.15, -0.1) is 0 Å². The molecule has 3 rings (SSSR count). The lowest BCUT2D eigenvalue weighted by atomic mass is 10.0. The van der Waals surface area contributed by atoms with Gasteiger partial charge in [0, 0.05) is 38.3 Å². The van der Waals surface area contributed by atoms with E-state index in [9.17, 15) is 22.8 Å². The van der Waals surface area contributed by atoms with Crippen LogP contribution in [0.2, 0.25) is 0 Å². The van der Waals surface area contributed by atoms with Gasteiger partial charge in [-0.2, -0.15) is 18.3 Å². The fourth-order valence-electron chi connectivity index (χ4n) is 3.36. The first-order valence-corrected chi connectivity index (χ1v) is 8.02. The van der Waals surface area contributed by atoms with Gasteiger partial charge in [-0.3, -0.25) is 14.3 Å². The van der Waals surface area contributed by atoms with Crippen molar-refractivity contribution in [3.63, 3.8) is 0 Å². The molecule has 0 N–H and O–H groups in total. The van der Waals surface area contributed by atoms with Crippen LogP contribution in [0.1, 0.15) is 36.2 Å². The second-order valence-corrected chi connectivity index (χ2v) is 6.25. The number of carbonyl (C=O) groups excluding carboxylic acids is 2. The predicted molar refractivity (Wildman–Crippen MR) is 78.2 cm³/mol. The number of hydrogen-bond donors (Lipinski definition) is 0. The monoisotopic (exact) mass is 344 g/mol. The molecule has 0 spiro atoms. The second kappa shape index (κ2) is 6.45. The molecule has 0 radical (unpaired) electrons. The van der Waals surface area contributed by atoms with E-state index in [0.717, 1.165) is 30.1 Å². The van der Waals surface area contributed by atoms with Crippen LogP contribution in [0.25, 0.3) is 0 Å². The first-order valence-electron chi connectivity index (χ1n) is 8.02. The van der Waals surface area contributed by atoms with Gasteiger partial charge in [-0.25, -0.2) is 0 Å². The summed E-state index contributed by atoms with van der Waals surface area (Å²) >= 11 is 0. The van der Waals surface area contributed by atoms with Crippen LogP contribution in [0.15, 0.2) is 12.3 Å². The van der Waals surface area contributed by atoms with E-state index in [0.29, 0.717) is 26.1 Å². The van der Waals surface area contributed by atoms with Gasteiger partial charge in [-0.05, 0) is 25.3 Å². The van der Waals surface area contributed by atoms with E-state index >= 15 is 0 Å². The molecule has 2 aliphatic heterocycles. The molecule has 0 aliphatic carbocycles. The fraction of sp³-hybridized carbons (Fsp3) is 0.667. The average Bonchev–Trinajstić information content (AvgIpc) is 3.14. The van der Waals surface area contributed by atoms with E-state index in [4.69, 9.17) is 0 Å². The number of amides is 2. The molecule has 2 saturated heterocycles. The summed E-state index contributed by atoms with van der Waals surface area (Å²) in [6.45, 7) is 0.442. The Morgan fingerprint density at radius 3 is 2.75 bits per heavy atom. The Balaban J connectivity index is 1.65. The van der Waals surface area contributed by atoms with Crippen molar-refractivity contribution < 1.29 is 22.8 Å². The standard InChI is InChI=1S/C15H19F3N4O2/c16-15(17,18)10-21-8-5-12(19-21)14(24)20-6-1-3-11(9-20)22-7-2-4-13(22)23/h5,8,11H,1-4,6-7,9-10H2. The number of piperidine rings is 1. The van der Waals surface area contributed by atoms with Gasteiger partial charge >= 0.3 is 6.18 Å². The molecular formula is C15H19F3N4O2. The van der Waals surface area contributed by atoms with Crippen LogP contribution in [-0.2, 0) is 11.3 Å². The largest absolute Gasteiger partial charge is 0.408 e. The topological polar surface area (TPSA) is 58.4 Å². The Hall–Kier alpha value is -2.06. The molecule has 1 aromatic heterocycles. The lowest BCUT2D eigenvalue weighted by Crippen LogP contribution is -2.50. The summed E-state index contributed by atoms with van der Waals surface area (Å²) in [6.07, 6.45) is -0.219. The number of nitrogens with zero attached hydrogens (tertiary/aromatic N) is 4. The minimum absolute atomic E-state index is 0.00467. The van der Waals surface area contributed by atoms with Crippen molar-refractivity contribution in [2.75, 3.05) is 19.6 Å². The maximum atomic E-state index is 12.5. The summed E-state index contributed by atoms with van der Waals surface area (Å²) in [5, 5.41) is 3.73. The van der Waals surface area contributed by atoms with Crippen molar-refractivity contribution >= 4 is 11.8 Å². The zero-order valence-electron chi connectivity index (χ0n) is 13.1. The van der Waals surface area contributed by atoms with Gasteiger partial charge < -0.3 is 9.80 Å². The Bertz CT molecular complexity index is 628. The molecule has 0 aromatic carbocycles. The highest BCUT2D eigenvalue weighted by Gasteiger charge is 2.34. The molecule has 3 heterocycles. The van der Waals surface area contributed by atoms with Crippen LogP contribution in [0.5, 0.6) is 0 Å². The minimum Gasteiger partial charge on any atom is -0.338 e. The van der Waals surface area contributed by atoms with Crippen LogP contribution in [-0.4, -0.2) is 63.2 Å². The first kappa shape index (κ1) is 16.8. The van der Waals surface area contributed by atoms with E-state index in [1.807, 2.05) is 4.90 Å². The van der Waals surface area contributed by atoms with Crippen LogP contribution in [0.4, 0.5) is 13.2 Å². The lowest BCUT2D eigenvalue weighted by Gasteiger charge is -2.37. The van der Waals surface area contributed by atoms with Gasteiger partial charge in [-0.1, -0.05) is 0 Å². The molecule has 1 atom stereocenters. The molecule has 0 bridgehead atoms. The summed E-state index contributed by atoms with van der Waals surface area (Å²) in [5.74, 6) is -0.268. The third kappa shape index (κ3) is 3.70. The molecule has 132 valence electrons. The van der Waals surface area contributed by atoms with E-state index < -0.39 is 12.7 Å². The third-order valence-electron chi connectivity index (χ3n) is 4.44. The molecule has 1 aromatic rings. The molecular weight excluding hydrogens is 325 g/mol. The Morgan fingerprint density at radius 1 is 1.29 bits per heavy atom. The molecule has 24 heavy (non-hydrogen) atoms. The number of aromatic nitrogens is 2. The highest BCUT2D eigenvalue weighted by Crippen LogP contribution is 2.22. The van der Waals surface area contributed by atoms with Gasteiger partial charge in [0.25, 0.3) is 5.91 Å². The highest BCUT2D eigenvalue weighted by molar-refractivity contribution is 5.92. The maximum Gasteiger partial charge on any atom is 0.408 e. The highest BCUT2D eigenvalue weighted by atomic mass is 19.4. The van der Waals surface area contributed by atoms with Crippen LogP contribution in [0.3, 0.4) is 0 Å². The fourth-order valence-corrected chi connectivity index (χ4v) is 3.36. The molecule has 2 aliphatic rings. The van der Waals surface area contributed by atoms with Gasteiger partial charge in [0.1, 0.15) is 12.2 Å². The normalized spacial score (nSPS) is 22.3. The van der Waals surface area contributed by atoms with E-state index in [2.05, 4.69) is 5.10 Å². The number of carbonyl (C=O) groups is 2. The van der Waals surface area contributed by atoms with Gasteiger partial charge in [0.15, 0.2) is 0 Å². The SMILES string of the molecule is O=C(c1ccn(CC(F)(F)F)n1)N1CCCC(N2CCCC2=O)C1. The Morgan fingerprint density at radius 2 is 2.08 bits per heavy atom. The zero-order valence-corrected chi connectivity index (χ0v) is 13.1. The van der Waals surface area contributed by atoms with Crippen molar-refractivity contribution in [1.82, 2.24) is 19.6 Å². The summed E-state index contributed by atoms with van der Waals surface area (Å²) in [4.78, 5) is 27.7. The molecule has 1 unspecified atom stereocenters.